The molecule has 1 aromatic carbocycles. The standard InChI is InChI=1S/C13H17Cl2N/c1-16-12-8-3-2-5-9(12)10-6-4-7-11(14)13(10)15/h4,6-7,9,12,16H,2-3,5,8H2,1H3. The van der Waals surface area contributed by atoms with Crippen LogP contribution < -0.4 is 5.32 Å². The molecule has 1 aromatic rings. The summed E-state index contributed by atoms with van der Waals surface area (Å²) >= 11 is 12.4. The summed E-state index contributed by atoms with van der Waals surface area (Å²) < 4.78 is 0. The van der Waals surface area contributed by atoms with E-state index in [4.69, 9.17) is 23.2 Å². The largest absolute Gasteiger partial charge is 0.316 e. The number of halogens is 2. The number of benzene rings is 1. The van der Waals surface area contributed by atoms with E-state index < -0.39 is 0 Å². The molecule has 0 radical (unpaired) electrons. The van der Waals surface area contributed by atoms with Crippen LogP contribution in [0.15, 0.2) is 18.2 Å². The third-order valence-corrected chi connectivity index (χ3v) is 4.35. The number of likely N-dealkylation sites (N-methyl/N-ethyl adjacent to an activating group) is 1. The van der Waals surface area contributed by atoms with Crippen molar-refractivity contribution in [3.63, 3.8) is 0 Å². The Kier molecular flexibility index (Phi) is 4.12. The zero-order chi connectivity index (χ0) is 11.5. The summed E-state index contributed by atoms with van der Waals surface area (Å²) in [5, 5.41) is 4.80. The molecule has 2 unspecified atom stereocenters. The highest BCUT2D eigenvalue weighted by atomic mass is 35.5. The van der Waals surface area contributed by atoms with Crippen molar-refractivity contribution in [1.82, 2.24) is 5.32 Å². The van der Waals surface area contributed by atoms with E-state index in [9.17, 15) is 0 Å². The molecule has 0 saturated heterocycles. The summed E-state index contributed by atoms with van der Waals surface area (Å²) in [6.07, 6.45) is 5.02. The first-order valence-electron chi connectivity index (χ1n) is 5.85. The Bertz CT molecular complexity index is 365. The lowest BCUT2D eigenvalue weighted by molar-refractivity contribution is 0.344. The van der Waals surface area contributed by atoms with Crippen LogP contribution in [0.25, 0.3) is 0 Å². The molecule has 2 atom stereocenters. The second-order valence-corrected chi connectivity index (χ2v) is 5.21. The zero-order valence-electron chi connectivity index (χ0n) is 9.47. The fraction of sp³-hybridized carbons (Fsp3) is 0.538. The molecule has 3 heteroatoms. The number of nitrogens with one attached hydrogen (secondary N) is 1. The van der Waals surface area contributed by atoms with Crippen LogP contribution in [0.5, 0.6) is 0 Å². The van der Waals surface area contributed by atoms with Crippen molar-refractivity contribution in [2.45, 2.75) is 37.6 Å². The van der Waals surface area contributed by atoms with Crippen molar-refractivity contribution in [3.8, 4) is 0 Å². The van der Waals surface area contributed by atoms with Crippen molar-refractivity contribution in [3.05, 3.63) is 33.8 Å². The van der Waals surface area contributed by atoms with E-state index in [2.05, 4.69) is 11.4 Å². The van der Waals surface area contributed by atoms with Crippen LogP contribution in [0.3, 0.4) is 0 Å². The van der Waals surface area contributed by atoms with Crippen LogP contribution in [0.4, 0.5) is 0 Å². The first kappa shape index (κ1) is 12.2. The molecule has 2 rings (SSSR count). The average Bonchev–Trinajstić information content (AvgIpc) is 2.33. The van der Waals surface area contributed by atoms with Crippen LogP contribution in [-0.4, -0.2) is 13.1 Å². The van der Waals surface area contributed by atoms with Crippen LogP contribution in [0, 0.1) is 0 Å². The number of rotatable bonds is 2. The maximum Gasteiger partial charge on any atom is 0.0627 e. The molecule has 0 heterocycles. The summed E-state index contributed by atoms with van der Waals surface area (Å²) in [4.78, 5) is 0. The van der Waals surface area contributed by atoms with E-state index in [1.54, 1.807) is 0 Å². The molecule has 0 aromatic heterocycles. The Hall–Kier alpha value is -0.240. The van der Waals surface area contributed by atoms with Crippen molar-refractivity contribution in [1.29, 1.82) is 0 Å². The highest BCUT2D eigenvalue weighted by Crippen LogP contribution is 2.38. The molecule has 1 saturated carbocycles. The van der Waals surface area contributed by atoms with E-state index in [1.807, 2.05) is 19.2 Å². The molecule has 1 N–H and O–H groups in total. The predicted octanol–water partition coefficient (Wildman–Crippen LogP) is 4.24. The molecular weight excluding hydrogens is 241 g/mol. The summed E-state index contributed by atoms with van der Waals surface area (Å²) in [5.74, 6) is 0.505. The minimum absolute atomic E-state index is 0.505. The van der Waals surface area contributed by atoms with E-state index in [0.29, 0.717) is 17.0 Å². The molecule has 1 fully saturated rings. The van der Waals surface area contributed by atoms with Gasteiger partial charge in [-0.2, -0.15) is 0 Å². The molecule has 0 amide bonds. The van der Waals surface area contributed by atoms with Gasteiger partial charge in [0.25, 0.3) is 0 Å². The highest BCUT2D eigenvalue weighted by molar-refractivity contribution is 6.42. The van der Waals surface area contributed by atoms with Gasteiger partial charge in [-0.05, 0) is 31.5 Å². The molecule has 0 bridgehead atoms. The van der Waals surface area contributed by atoms with E-state index in [1.165, 1.54) is 31.2 Å². The minimum Gasteiger partial charge on any atom is -0.316 e. The lowest BCUT2D eigenvalue weighted by Gasteiger charge is -2.32. The molecular formula is C13H17Cl2N. The maximum absolute atomic E-state index is 6.29. The third kappa shape index (κ3) is 2.37. The SMILES string of the molecule is CNC1CCCCC1c1cccc(Cl)c1Cl. The second-order valence-electron chi connectivity index (χ2n) is 4.43. The van der Waals surface area contributed by atoms with Gasteiger partial charge >= 0.3 is 0 Å². The minimum atomic E-state index is 0.505. The summed E-state index contributed by atoms with van der Waals surface area (Å²) in [5.41, 5.74) is 1.20. The smallest absolute Gasteiger partial charge is 0.0627 e. The van der Waals surface area contributed by atoms with Crippen LogP contribution in [0.1, 0.15) is 37.2 Å². The monoisotopic (exact) mass is 257 g/mol. The lowest BCUT2D eigenvalue weighted by Crippen LogP contribution is -2.34. The van der Waals surface area contributed by atoms with E-state index in [-0.39, 0.29) is 0 Å². The predicted molar refractivity (Wildman–Crippen MR) is 70.5 cm³/mol. The van der Waals surface area contributed by atoms with Crippen molar-refractivity contribution < 1.29 is 0 Å². The first-order chi connectivity index (χ1) is 7.74. The fourth-order valence-corrected chi connectivity index (χ4v) is 3.10. The molecule has 1 aliphatic rings. The molecule has 1 aliphatic carbocycles. The normalized spacial score (nSPS) is 25.7. The topological polar surface area (TPSA) is 12.0 Å². The average molecular weight is 258 g/mol. The molecule has 0 spiro atoms. The maximum atomic E-state index is 6.29. The van der Waals surface area contributed by atoms with Gasteiger partial charge in [0.2, 0.25) is 0 Å². The van der Waals surface area contributed by atoms with Gasteiger partial charge in [0.15, 0.2) is 0 Å². The van der Waals surface area contributed by atoms with Gasteiger partial charge in [-0.25, -0.2) is 0 Å². The fourth-order valence-electron chi connectivity index (χ4n) is 2.66. The van der Waals surface area contributed by atoms with Gasteiger partial charge in [0.05, 0.1) is 10.0 Å². The summed E-state index contributed by atoms with van der Waals surface area (Å²) in [6.45, 7) is 0. The van der Waals surface area contributed by atoms with E-state index in [0.717, 1.165) is 5.02 Å². The van der Waals surface area contributed by atoms with Gasteiger partial charge in [-0.1, -0.05) is 48.2 Å². The number of hydrogen-bond donors (Lipinski definition) is 1. The quantitative estimate of drug-likeness (QED) is 0.836. The van der Waals surface area contributed by atoms with Gasteiger partial charge in [-0.15, -0.1) is 0 Å². The van der Waals surface area contributed by atoms with E-state index >= 15 is 0 Å². The van der Waals surface area contributed by atoms with Gasteiger partial charge in [0, 0.05) is 12.0 Å². The molecule has 88 valence electrons. The Morgan fingerprint density at radius 2 is 1.94 bits per heavy atom. The third-order valence-electron chi connectivity index (χ3n) is 3.52. The molecule has 1 nitrogen and oxygen atoms in total. The Morgan fingerprint density at radius 3 is 2.69 bits per heavy atom. The zero-order valence-corrected chi connectivity index (χ0v) is 11.0. The number of hydrogen-bond acceptors (Lipinski definition) is 1. The van der Waals surface area contributed by atoms with Crippen molar-refractivity contribution in [2.75, 3.05) is 7.05 Å². The molecule has 16 heavy (non-hydrogen) atoms. The first-order valence-corrected chi connectivity index (χ1v) is 6.61. The lowest BCUT2D eigenvalue weighted by atomic mass is 9.80. The van der Waals surface area contributed by atoms with Gasteiger partial charge in [0.1, 0.15) is 0 Å². The van der Waals surface area contributed by atoms with Crippen LogP contribution in [0.2, 0.25) is 10.0 Å². The highest BCUT2D eigenvalue weighted by Gasteiger charge is 2.27. The Labute approximate surface area is 107 Å². The van der Waals surface area contributed by atoms with Crippen molar-refractivity contribution in [2.24, 2.45) is 0 Å². The second kappa shape index (κ2) is 5.39. The van der Waals surface area contributed by atoms with Gasteiger partial charge < -0.3 is 5.32 Å². The van der Waals surface area contributed by atoms with Crippen LogP contribution in [-0.2, 0) is 0 Å². The summed E-state index contributed by atoms with van der Waals surface area (Å²) in [6, 6.07) is 6.48. The van der Waals surface area contributed by atoms with Crippen LogP contribution >= 0.6 is 23.2 Å². The summed E-state index contributed by atoms with van der Waals surface area (Å²) in [7, 11) is 2.03. The van der Waals surface area contributed by atoms with Crippen molar-refractivity contribution >= 4 is 23.2 Å². The van der Waals surface area contributed by atoms with Gasteiger partial charge in [-0.3, -0.25) is 0 Å². The Balaban J connectivity index is 2.30. The Morgan fingerprint density at radius 1 is 1.19 bits per heavy atom. The molecule has 0 aliphatic heterocycles.